The summed E-state index contributed by atoms with van der Waals surface area (Å²) in [7, 11) is 0. The molecular weight excluding hydrogens is 224 g/mol. The van der Waals surface area contributed by atoms with Gasteiger partial charge in [0.2, 0.25) is 0 Å². The summed E-state index contributed by atoms with van der Waals surface area (Å²) in [5.41, 5.74) is 12.4. The summed E-state index contributed by atoms with van der Waals surface area (Å²) in [6.07, 6.45) is 0. The molecule has 1 atom stereocenters. The number of hydrogen-bond donors (Lipinski definition) is 3. The second kappa shape index (κ2) is 5.16. The third-order valence-electron chi connectivity index (χ3n) is 2.53. The van der Waals surface area contributed by atoms with E-state index in [4.69, 9.17) is 11.5 Å². The van der Waals surface area contributed by atoms with Gasteiger partial charge in [0, 0.05) is 12.6 Å². The molecule has 0 aliphatic carbocycles. The van der Waals surface area contributed by atoms with Crippen molar-refractivity contribution in [2.45, 2.75) is 6.04 Å². The molecule has 0 spiro atoms. The van der Waals surface area contributed by atoms with Crippen molar-refractivity contribution in [2.75, 3.05) is 6.54 Å². The smallest absolute Gasteiger partial charge is 0.116 e. The largest absolute Gasteiger partial charge is 0.508 e. The monoisotopic (exact) mass is 238 g/mol. The van der Waals surface area contributed by atoms with Crippen LogP contribution in [0.5, 0.6) is 5.75 Å². The van der Waals surface area contributed by atoms with Gasteiger partial charge in [-0.25, -0.2) is 0 Å². The van der Waals surface area contributed by atoms with Crippen LogP contribution in [0.25, 0.3) is 10.8 Å². The molecule has 16 heavy (non-hydrogen) atoms. The Labute approximate surface area is 100 Å². The van der Waals surface area contributed by atoms with E-state index in [2.05, 4.69) is 0 Å². The first kappa shape index (κ1) is 12.8. The first-order valence-corrected chi connectivity index (χ1v) is 4.89. The zero-order valence-electron chi connectivity index (χ0n) is 8.76. The Hall–Kier alpha value is -1.29. The lowest BCUT2D eigenvalue weighted by Crippen LogP contribution is -2.20. The Morgan fingerprint density at radius 2 is 1.69 bits per heavy atom. The van der Waals surface area contributed by atoms with E-state index in [9.17, 15) is 5.11 Å². The van der Waals surface area contributed by atoms with Crippen LogP contribution in [0.2, 0.25) is 0 Å². The van der Waals surface area contributed by atoms with E-state index in [1.807, 2.05) is 24.3 Å². The van der Waals surface area contributed by atoms with Gasteiger partial charge in [-0.1, -0.05) is 18.2 Å². The van der Waals surface area contributed by atoms with Gasteiger partial charge in [-0.05, 0) is 34.5 Å². The number of aromatic hydroxyl groups is 1. The van der Waals surface area contributed by atoms with E-state index < -0.39 is 0 Å². The quantitative estimate of drug-likeness (QED) is 0.749. The van der Waals surface area contributed by atoms with Gasteiger partial charge in [0.05, 0.1) is 0 Å². The van der Waals surface area contributed by atoms with Crippen molar-refractivity contribution in [1.82, 2.24) is 0 Å². The molecular formula is C12H15ClN2O. The molecule has 0 heterocycles. The molecule has 0 aliphatic rings. The second-order valence-electron chi connectivity index (χ2n) is 3.63. The van der Waals surface area contributed by atoms with Crippen LogP contribution in [-0.2, 0) is 0 Å². The Balaban J connectivity index is 0.00000128. The summed E-state index contributed by atoms with van der Waals surface area (Å²) >= 11 is 0. The zero-order valence-corrected chi connectivity index (χ0v) is 9.58. The molecule has 0 unspecified atom stereocenters. The number of benzene rings is 2. The Bertz CT molecular complexity index is 487. The lowest BCUT2D eigenvalue weighted by atomic mass is 10.0. The second-order valence-corrected chi connectivity index (χ2v) is 3.63. The fraction of sp³-hybridized carbons (Fsp3) is 0.167. The number of fused-ring (bicyclic) bond motifs is 1. The van der Waals surface area contributed by atoms with Gasteiger partial charge in [-0.15, -0.1) is 12.4 Å². The normalized spacial score (nSPS) is 12.1. The lowest BCUT2D eigenvalue weighted by Gasteiger charge is -2.10. The number of phenolic OH excluding ortho intramolecular Hbond substituents is 1. The molecule has 2 aromatic carbocycles. The molecule has 0 aromatic heterocycles. The number of nitrogens with two attached hydrogens (primary N) is 2. The van der Waals surface area contributed by atoms with Crippen LogP contribution >= 0.6 is 12.4 Å². The molecule has 2 aromatic rings. The topological polar surface area (TPSA) is 72.3 Å². The van der Waals surface area contributed by atoms with Crippen molar-refractivity contribution < 1.29 is 5.11 Å². The van der Waals surface area contributed by atoms with Crippen molar-refractivity contribution in [3.8, 4) is 5.75 Å². The SMILES string of the molecule is Cl.NC[C@H](N)c1ccc2cc(O)ccc2c1. The number of phenols is 1. The first-order chi connectivity index (χ1) is 7.20. The Kier molecular flexibility index (Phi) is 4.12. The minimum Gasteiger partial charge on any atom is -0.508 e. The van der Waals surface area contributed by atoms with Crippen LogP contribution in [-0.4, -0.2) is 11.7 Å². The Morgan fingerprint density at radius 1 is 1.06 bits per heavy atom. The van der Waals surface area contributed by atoms with Gasteiger partial charge in [-0.3, -0.25) is 0 Å². The van der Waals surface area contributed by atoms with E-state index in [0.717, 1.165) is 16.3 Å². The highest BCUT2D eigenvalue weighted by Gasteiger charge is 2.04. The fourth-order valence-corrected chi connectivity index (χ4v) is 1.62. The van der Waals surface area contributed by atoms with Gasteiger partial charge in [0.25, 0.3) is 0 Å². The Morgan fingerprint density at radius 3 is 2.38 bits per heavy atom. The highest BCUT2D eigenvalue weighted by Crippen LogP contribution is 2.22. The zero-order chi connectivity index (χ0) is 10.8. The molecule has 0 amide bonds. The maximum Gasteiger partial charge on any atom is 0.116 e. The molecule has 0 saturated heterocycles. The summed E-state index contributed by atoms with van der Waals surface area (Å²) in [5, 5.41) is 11.4. The van der Waals surface area contributed by atoms with Crippen LogP contribution in [0, 0.1) is 0 Å². The molecule has 2 rings (SSSR count). The third kappa shape index (κ3) is 2.44. The van der Waals surface area contributed by atoms with E-state index in [-0.39, 0.29) is 24.2 Å². The predicted octanol–water partition coefficient (Wildman–Crippen LogP) is 1.93. The average Bonchev–Trinajstić information content (AvgIpc) is 2.27. The van der Waals surface area contributed by atoms with Crippen molar-refractivity contribution >= 4 is 23.2 Å². The lowest BCUT2D eigenvalue weighted by molar-refractivity contribution is 0.476. The fourth-order valence-electron chi connectivity index (χ4n) is 1.62. The summed E-state index contributed by atoms with van der Waals surface area (Å²) < 4.78 is 0. The minimum atomic E-state index is -0.122. The number of halogens is 1. The van der Waals surface area contributed by atoms with Crippen LogP contribution in [0.15, 0.2) is 36.4 Å². The van der Waals surface area contributed by atoms with Gasteiger partial charge in [-0.2, -0.15) is 0 Å². The predicted molar refractivity (Wildman–Crippen MR) is 68.8 cm³/mol. The maximum absolute atomic E-state index is 9.31. The van der Waals surface area contributed by atoms with E-state index in [1.165, 1.54) is 0 Å². The van der Waals surface area contributed by atoms with Crippen LogP contribution in [0.4, 0.5) is 0 Å². The van der Waals surface area contributed by atoms with Gasteiger partial charge < -0.3 is 16.6 Å². The van der Waals surface area contributed by atoms with Crippen molar-refractivity contribution in [1.29, 1.82) is 0 Å². The van der Waals surface area contributed by atoms with E-state index >= 15 is 0 Å². The van der Waals surface area contributed by atoms with Crippen LogP contribution in [0.1, 0.15) is 11.6 Å². The molecule has 0 aliphatic heterocycles. The third-order valence-corrected chi connectivity index (χ3v) is 2.53. The van der Waals surface area contributed by atoms with E-state index in [0.29, 0.717) is 6.54 Å². The van der Waals surface area contributed by atoms with Gasteiger partial charge >= 0.3 is 0 Å². The van der Waals surface area contributed by atoms with Crippen LogP contribution in [0.3, 0.4) is 0 Å². The highest BCUT2D eigenvalue weighted by atomic mass is 35.5. The molecule has 0 bridgehead atoms. The van der Waals surface area contributed by atoms with Gasteiger partial charge in [0.1, 0.15) is 5.75 Å². The molecule has 0 fully saturated rings. The molecule has 86 valence electrons. The summed E-state index contributed by atoms with van der Waals surface area (Å²) in [4.78, 5) is 0. The van der Waals surface area contributed by atoms with Crippen LogP contribution < -0.4 is 11.5 Å². The summed E-state index contributed by atoms with van der Waals surface area (Å²) in [5.74, 6) is 0.276. The number of rotatable bonds is 2. The van der Waals surface area contributed by atoms with E-state index in [1.54, 1.807) is 12.1 Å². The van der Waals surface area contributed by atoms with Crippen molar-refractivity contribution in [3.05, 3.63) is 42.0 Å². The molecule has 0 radical (unpaired) electrons. The molecule has 0 saturated carbocycles. The molecule has 5 N–H and O–H groups in total. The highest BCUT2D eigenvalue weighted by molar-refractivity contribution is 5.85. The maximum atomic E-state index is 9.31. The summed E-state index contributed by atoms with van der Waals surface area (Å²) in [6.45, 7) is 0.434. The average molecular weight is 239 g/mol. The minimum absolute atomic E-state index is 0. The number of hydrogen-bond acceptors (Lipinski definition) is 3. The first-order valence-electron chi connectivity index (χ1n) is 4.89. The van der Waals surface area contributed by atoms with Gasteiger partial charge in [0.15, 0.2) is 0 Å². The van der Waals surface area contributed by atoms with Crippen molar-refractivity contribution in [2.24, 2.45) is 11.5 Å². The molecule has 3 nitrogen and oxygen atoms in total. The van der Waals surface area contributed by atoms with Crippen molar-refractivity contribution in [3.63, 3.8) is 0 Å². The summed E-state index contributed by atoms with van der Waals surface area (Å²) in [6, 6.07) is 11.0. The standard InChI is InChI=1S/C12H14N2O.ClH/c13-7-12(14)10-2-1-9-6-11(15)4-3-8(9)5-10;/h1-6,12,15H,7,13-14H2;1H/t12-;/m0./s1. The molecule has 4 heteroatoms.